The van der Waals surface area contributed by atoms with Crippen LogP contribution in [-0.2, 0) is 9.59 Å². The summed E-state index contributed by atoms with van der Waals surface area (Å²) >= 11 is 1.53. The highest BCUT2D eigenvalue weighted by Gasteiger charge is 2.30. The molecule has 0 aromatic rings. The number of urea groups is 1. The van der Waals surface area contributed by atoms with Gasteiger partial charge in [-0.1, -0.05) is 0 Å². The fourth-order valence-corrected chi connectivity index (χ4v) is 2.65. The maximum Gasteiger partial charge on any atom is 0.326 e. The fraction of sp³-hybridized carbons (Fsp3) is 0.750. The van der Waals surface area contributed by atoms with Gasteiger partial charge in [-0.2, -0.15) is 11.8 Å². The van der Waals surface area contributed by atoms with Crippen molar-refractivity contribution in [3.8, 4) is 0 Å². The van der Waals surface area contributed by atoms with Gasteiger partial charge in [-0.25, -0.2) is 9.59 Å². The van der Waals surface area contributed by atoms with Crippen LogP contribution in [-0.4, -0.2) is 59.1 Å². The predicted octanol–water partition coefficient (Wildman–Crippen LogP) is 0.0996. The lowest BCUT2D eigenvalue weighted by atomic mass is 9.97. The van der Waals surface area contributed by atoms with Crippen molar-refractivity contribution in [1.82, 2.24) is 10.2 Å². The lowest BCUT2D eigenvalue weighted by Crippen LogP contribution is -2.50. The highest BCUT2D eigenvalue weighted by atomic mass is 32.2. The molecule has 1 fully saturated rings. The summed E-state index contributed by atoms with van der Waals surface area (Å²) in [5.41, 5.74) is 5.20. The normalized spacial score (nSPS) is 20.2. The Balaban J connectivity index is 2.55. The minimum absolute atomic E-state index is 0.260. The number of nitrogens with two attached hydrogens (primary N) is 1. The van der Waals surface area contributed by atoms with E-state index in [2.05, 4.69) is 5.32 Å². The standard InChI is InChI=1S/C12H21N3O4S/c1-20-6-4-9(11(17)18)14-10(16)8-3-2-5-15(7-8)12(13)19/h8-9H,2-7H2,1H3,(H2,13,19)(H,14,16)(H,17,18)/t8?,9-/m1/s1. The van der Waals surface area contributed by atoms with E-state index < -0.39 is 18.0 Å². The molecule has 8 heteroatoms. The number of primary amides is 1. The molecule has 0 bridgehead atoms. The Bertz CT molecular complexity index is 378. The summed E-state index contributed by atoms with van der Waals surface area (Å²) in [5, 5.41) is 11.6. The number of carbonyl (C=O) groups is 3. The van der Waals surface area contributed by atoms with E-state index in [1.54, 1.807) is 0 Å². The number of nitrogens with one attached hydrogen (secondary N) is 1. The number of aliphatic carboxylic acids is 1. The van der Waals surface area contributed by atoms with Crippen LogP contribution in [0.4, 0.5) is 4.79 Å². The van der Waals surface area contributed by atoms with Crippen LogP contribution in [0.3, 0.4) is 0 Å². The van der Waals surface area contributed by atoms with E-state index in [4.69, 9.17) is 10.8 Å². The second-order valence-corrected chi connectivity index (χ2v) is 5.79. The van der Waals surface area contributed by atoms with E-state index in [9.17, 15) is 14.4 Å². The molecule has 1 aliphatic heterocycles. The maximum absolute atomic E-state index is 12.1. The molecule has 1 rings (SSSR count). The second-order valence-electron chi connectivity index (χ2n) is 4.80. The van der Waals surface area contributed by atoms with E-state index in [-0.39, 0.29) is 18.4 Å². The van der Waals surface area contributed by atoms with Gasteiger partial charge in [0.2, 0.25) is 5.91 Å². The van der Waals surface area contributed by atoms with E-state index in [1.165, 1.54) is 16.7 Å². The van der Waals surface area contributed by atoms with Gasteiger partial charge in [0.15, 0.2) is 0 Å². The molecule has 0 aromatic heterocycles. The molecule has 20 heavy (non-hydrogen) atoms. The number of carboxylic acids is 1. The summed E-state index contributed by atoms with van der Waals surface area (Å²) in [6.07, 6.45) is 3.61. The molecule has 0 spiro atoms. The van der Waals surface area contributed by atoms with Crippen molar-refractivity contribution in [1.29, 1.82) is 0 Å². The first-order chi connectivity index (χ1) is 9.45. The molecule has 1 heterocycles. The molecule has 0 aliphatic carbocycles. The van der Waals surface area contributed by atoms with Gasteiger partial charge in [0.25, 0.3) is 0 Å². The molecule has 1 saturated heterocycles. The van der Waals surface area contributed by atoms with Gasteiger partial charge < -0.3 is 21.1 Å². The molecule has 1 unspecified atom stereocenters. The number of piperidine rings is 1. The molecular weight excluding hydrogens is 282 g/mol. The molecule has 2 atom stereocenters. The molecule has 114 valence electrons. The summed E-state index contributed by atoms with van der Waals surface area (Å²) < 4.78 is 0. The van der Waals surface area contributed by atoms with Crippen molar-refractivity contribution in [3.05, 3.63) is 0 Å². The molecule has 1 aliphatic rings. The van der Waals surface area contributed by atoms with Gasteiger partial charge in [0.1, 0.15) is 6.04 Å². The molecule has 0 saturated carbocycles. The quantitative estimate of drug-likeness (QED) is 0.644. The highest BCUT2D eigenvalue weighted by molar-refractivity contribution is 7.98. The summed E-state index contributed by atoms with van der Waals surface area (Å²) in [4.78, 5) is 35.7. The van der Waals surface area contributed by atoms with Crippen molar-refractivity contribution >= 4 is 29.7 Å². The Morgan fingerprint density at radius 3 is 2.75 bits per heavy atom. The third-order valence-corrected chi connectivity index (χ3v) is 3.97. The van der Waals surface area contributed by atoms with Gasteiger partial charge in [0.05, 0.1) is 5.92 Å². The molecule has 0 aromatic carbocycles. The zero-order chi connectivity index (χ0) is 15.1. The van der Waals surface area contributed by atoms with E-state index in [0.717, 1.165) is 0 Å². The predicted molar refractivity (Wildman–Crippen MR) is 76.4 cm³/mol. The van der Waals surface area contributed by atoms with Gasteiger partial charge >= 0.3 is 12.0 Å². The zero-order valence-corrected chi connectivity index (χ0v) is 12.3. The van der Waals surface area contributed by atoms with Gasteiger partial charge in [-0.3, -0.25) is 4.79 Å². The van der Waals surface area contributed by atoms with E-state index in [1.807, 2.05) is 6.26 Å². The largest absolute Gasteiger partial charge is 0.480 e. The van der Waals surface area contributed by atoms with Crippen LogP contribution >= 0.6 is 11.8 Å². The van der Waals surface area contributed by atoms with Gasteiger partial charge in [-0.05, 0) is 31.3 Å². The smallest absolute Gasteiger partial charge is 0.326 e. The summed E-state index contributed by atoms with van der Waals surface area (Å²) in [6.45, 7) is 0.810. The van der Waals surface area contributed by atoms with Crippen molar-refractivity contribution in [2.75, 3.05) is 25.1 Å². The van der Waals surface area contributed by atoms with E-state index >= 15 is 0 Å². The third-order valence-electron chi connectivity index (χ3n) is 3.33. The second kappa shape index (κ2) is 7.98. The van der Waals surface area contributed by atoms with Gasteiger partial charge in [-0.15, -0.1) is 0 Å². The van der Waals surface area contributed by atoms with Crippen LogP contribution in [0.2, 0.25) is 0 Å². The summed E-state index contributed by atoms with van der Waals surface area (Å²) in [6, 6.07) is -1.42. The minimum atomic E-state index is -1.03. The number of likely N-dealkylation sites (tertiary alicyclic amines) is 1. The molecule has 3 amide bonds. The van der Waals surface area contributed by atoms with Crippen LogP contribution < -0.4 is 11.1 Å². The van der Waals surface area contributed by atoms with Crippen molar-refractivity contribution in [2.45, 2.75) is 25.3 Å². The van der Waals surface area contributed by atoms with Crippen LogP contribution in [0, 0.1) is 5.92 Å². The first-order valence-corrected chi connectivity index (χ1v) is 7.91. The van der Waals surface area contributed by atoms with Crippen LogP contribution in [0.5, 0.6) is 0 Å². The summed E-state index contributed by atoms with van der Waals surface area (Å²) in [7, 11) is 0. The first kappa shape index (κ1) is 16.6. The summed E-state index contributed by atoms with van der Waals surface area (Å²) in [5.74, 6) is -1.07. The lowest BCUT2D eigenvalue weighted by molar-refractivity contribution is -0.142. The highest BCUT2D eigenvalue weighted by Crippen LogP contribution is 2.17. The Morgan fingerprint density at radius 1 is 1.50 bits per heavy atom. The Morgan fingerprint density at radius 2 is 2.20 bits per heavy atom. The van der Waals surface area contributed by atoms with E-state index in [0.29, 0.717) is 31.6 Å². The molecular formula is C12H21N3O4S. The Kier molecular flexibility index (Phi) is 6.63. The fourth-order valence-electron chi connectivity index (χ4n) is 2.17. The molecule has 4 N–H and O–H groups in total. The number of hydrogen-bond donors (Lipinski definition) is 3. The number of thioether (sulfide) groups is 1. The first-order valence-electron chi connectivity index (χ1n) is 6.52. The molecule has 0 radical (unpaired) electrons. The molecule has 7 nitrogen and oxygen atoms in total. The Hall–Kier alpha value is -1.44. The van der Waals surface area contributed by atoms with Crippen molar-refractivity contribution < 1.29 is 19.5 Å². The lowest BCUT2D eigenvalue weighted by Gasteiger charge is -2.31. The monoisotopic (exact) mass is 303 g/mol. The number of hydrogen-bond acceptors (Lipinski definition) is 4. The van der Waals surface area contributed by atoms with Gasteiger partial charge in [0, 0.05) is 13.1 Å². The number of nitrogens with zero attached hydrogens (tertiary/aromatic N) is 1. The maximum atomic E-state index is 12.1. The number of amides is 3. The minimum Gasteiger partial charge on any atom is -0.480 e. The average molecular weight is 303 g/mol. The average Bonchev–Trinajstić information content (AvgIpc) is 2.42. The van der Waals surface area contributed by atoms with Crippen molar-refractivity contribution in [3.63, 3.8) is 0 Å². The number of carbonyl (C=O) groups excluding carboxylic acids is 2. The number of carboxylic acid groups (broad SMARTS) is 1. The van der Waals surface area contributed by atoms with Crippen LogP contribution in [0.25, 0.3) is 0 Å². The van der Waals surface area contributed by atoms with Crippen LogP contribution in [0.1, 0.15) is 19.3 Å². The zero-order valence-electron chi connectivity index (χ0n) is 11.5. The number of rotatable bonds is 6. The Labute approximate surface area is 122 Å². The SMILES string of the molecule is CSCC[C@@H](NC(=O)C1CCCN(C(N)=O)C1)C(=O)O. The van der Waals surface area contributed by atoms with Crippen LogP contribution in [0.15, 0.2) is 0 Å². The topological polar surface area (TPSA) is 113 Å². The third kappa shape index (κ3) is 4.92. The van der Waals surface area contributed by atoms with Crippen molar-refractivity contribution in [2.24, 2.45) is 11.7 Å².